The molecule has 0 heterocycles. The van der Waals surface area contributed by atoms with Gasteiger partial charge in [0.15, 0.2) is 6.04 Å². The van der Waals surface area contributed by atoms with Gasteiger partial charge in [-0.05, 0) is 17.2 Å². The molecule has 4 heteroatoms. The molecule has 1 atom stereocenters. The van der Waals surface area contributed by atoms with Crippen molar-refractivity contribution < 1.29 is 14.7 Å². The molecule has 0 spiro atoms. The van der Waals surface area contributed by atoms with Crippen LogP contribution in [-0.4, -0.2) is 17.0 Å². The van der Waals surface area contributed by atoms with E-state index in [2.05, 4.69) is 5.32 Å². The summed E-state index contributed by atoms with van der Waals surface area (Å²) < 4.78 is 0. The summed E-state index contributed by atoms with van der Waals surface area (Å²) >= 11 is 0. The lowest BCUT2D eigenvalue weighted by molar-refractivity contribution is -0.141. The fourth-order valence-corrected chi connectivity index (χ4v) is 1.86. The number of carbonyl (C=O) groups is 2. The average molecular weight is 281 g/mol. The first kappa shape index (κ1) is 14.5. The Kier molecular flexibility index (Phi) is 4.88. The molecular weight excluding hydrogens is 266 g/mol. The van der Waals surface area contributed by atoms with Gasteiger partial charge < -0.3 is 10.4 Å². The Morgan fingerprint density at radius 2 is 1.52 bits per heavy atom. The third kappa shape index (κ3) is 4.31. The largest absolute Gasteiger partial charge is 0.479 e. The van der Waals surface area contributed by atoms with Crippen LogP contribution in [0.15, 0.2) is 66.7 Å². The number of nitrogens with one attached hydrogen (secondary N) is 1. The van der Waals surface area contributed by atoms with Crippen LogP contribution < -0.4 is 5.32 Å². The highest BCUT2D eigenvalue weighted by molar-refractivity contribution is 5.94. The van der Waals surface area contributed by atoms with Gasteiger partial charge >= 0.3 is 5.97 Å². The van der Waals surface area contributed by atoms with Crippen LogP contribution in [0.25, 0.3) is 6.08 Å². The van der Waals surface area contributed by atoms with Gasteiger partial charge in [0.2, 0.25) is 5.91 Å². The number of carbonyl (C=O) groups excluding carboxylic acids is 1. The fraction of sp³-hybridized carbons (Fsp3) is 0.0588. The first-order valence-corrected chi connectivity index (χ1v) is 6.48. The minimum absolute atomic E-state index is 0.449. The van der Waals surface area contributed by atoms with E-state index in [1.807, 2.05) is 30.3 Å². The maximum absolute atomic E-state index is 11.8. The normalized spacial score (nSPS) is 12.0. The predicted octanol–water partition coefficient (Wildman–Crippen LogP) is 2.64. The van der Waals surface area contributed by atoms with Gasteiger partial charge in [-0.1, -0.05) is 60.7 Å². The Morgan fingerprint density at radius 1 is 0.952 bits per heavy atom. The maximum atomic E-state index is 11.8. The molecule has 0 bridgehead atoms. The number of rotatable bonds is 5. The Bertz CT molecular complexity index is 636. The average Bonchev–Trinajstić information content (AvgIpc) is 2.52. The van der Waals surface area contributed by atoms with E-state index in [-0.39, 0.29) is 0 Å². The molecule has 0 saturated heterocycles. The lowest BCUT2D eigenvalue weighted by atomic mass is 10.1. The molecule has 4 nitrogen and oxygen atoms in total. The number of carboxylic acids is 1. The summed E-state index contributed by atoms with van der Waals surface area (Å²) in [5.74, 6) is -1.54. The van der Waals surface area contributed by atoms with Crippen LogP contribution in [0.1, 0.15) is 17.2 Å². The Labute approximate surface area is 122 Å². The number of aliphatic carboxylic acids is 1. The second kappa shape index (κ2) is 7.05. The molecule has 0 aliphatic carbocycles. The number of carboxylic acid groups (broad SMARTS) is 1. The Balaban J connectivity index is 2.06. The molecule has 0 fully saturated rings. The molecule has 0 radical (unpaired) electrons. The van der Waals surface area contributed by atoms with E-state index in [0.717, 1.165) is 5.56 Å². The molecule has 2 aromatic rings. The van der Waals surface area contributed by atoms with E-state index in [1.165, 1.54) is 6.08 Å². The highest BCUT2D eigenvalue weighted by Crippen LogP contribution is 2.12. The van der Waals surface area contributed by atoms with Crippen molar-refractivity contribution in [3.8, 4) is 0 Å². The fourth-order valence-electron chi connectivity index (χ4n) is 1.86. The molecule has 2 aromatic carbocycles. The van der Waals surface area contributed by atoms with Gasteiger partial charge in [-0.2, -0.15) is 0 Å². The first-order chi connectivity index (χ1) is 10.2. The standard InChI is InChI=1S/C17H15NO3/c19-15(12-11-13-7-3-1-4-8-13)18-16(17(20)21)14-9-5-2-6-10-14/h1-12,16H,(H,18,19)(H,20,21)/b12-11+. The van der Waals surface area contributed by atoms with E-state index < -0.39 is 17.9 Å². The van der Waals surface area contributed by atoms with Crippen LogP contribution >= 0.6 is 0 Å². The first-order valence-electron chi connectivity index (χ1n) is 6.48. The predicted molar refractivity (Wildman–Crippen MR) is 80.4 cm³/mol. The van der Waals surface area contributed by atoms with Crippen LogP contribution in [0.4, 0.5) is 0 Å². The van der Waals surface area contributed by atoms with Crippen LogP contribution in [-0.2, 0) is 9.59 Å². The Hall–Kier alpha value is -2.88. The van der Waals surface area contributed by atoms with Crippen molar-refractivity contribution in [2.75, 3.05) is 0 Å². The van der Waals surface area contributed by atoms with Gasteiger partial charge in [0.1, 0.15) is 0 Å². The van der Waals surface area contributed by atoms with Crippen molar-refractivity contribution in [1.82, 2.24) is 5.32 Å². The van der Waals surface area contributed by atoms with Crippen molar-refractivity contribution in [2.24, 2.45) is 0 Å². The summed E-state index contributed by atoms with van der Waals surface area (Å²) in [5, 5.41) is 11.7. The minimum Gasteiger partial charge on any atom is -0.479 e. The zero-order valence-electron chi connectivity index (χ0n) is 11.3. The summed E-state index contributed by atoms with van der Waals surface area (Å²) in [6, 6.07) is 16.9. The third-order valence-electron chi connectivity index (χ3n) is 2.89. The van der Waals surface area contributed by atoms with Crippen molar-refractivity contribution in [3.63, 3.8) is 0 Å². The van der Waals surface area contributed by atoms with Crippen LogP contribution in [0, 0.1) is 0 Å². The van der Waals surface area contributed by atoms with Crippen LogP contribution in [0.2, 0.25) is 0 Å². The van der Waals surface area contributed by atoms with Gasteiger partial charge in [-0.3, -0.25) is 4.79 Å². The highest BCUT2D eigenvalue weighted by atomic mass is 16.4. The monoisotopic (exact) mass is 281 g/mol. The lowest BCUT2D eigenvalue weighted by Crippen LogP contribution is -2.32. The van der Waals surface area contributed by atoms with Gasteiger partial charge in [0.25, 0.3) is 0 Å². The quantitative estimate of drug-likeness (QED) is 0.828. The molecular formula is C17H15NO3. The van der Waals surface area contributed by atoms with Crippen molar-refractivity contribution in [2.45, 2.75) is 6.04 Å². The molecule has 0 aliphatic heterocycles. The van der Waals surface area contributed by atoms with Crippen molar-refractivity contribution in [3.05, 3.63) is 77.9 Å². The van der Waals surface area contributed by atoms with E-state index in [4.69, 9.17) is 0 Å². The molecule has 0 aromatic heterocycles. The molecule has 1 unspecified atom stereocenters. The zero-order chi connectivity index (χ0) is 15.1. The zero-order valence-corrected chi connectivity index (χ0v) is 11.3. The summed E-state index contributed by atoms with van der Waals surface area (Å²) in [7, 11) is 0. The van der Waals surface area contributed by atoms with Crippen LogP contribution in [0.3, 0.4) is 0 Å². The maximum Gasteiger partial charge on any atom is 0.330 e. The second-order valence-corrected chi connectivity index (χ2v) is 4.43. The topological polar surface area (TPSA) is 66.4 Å². The lowest BCUT2D eigenvalue weighted by Gasteiger charge is -2.13. The number of benzene rings is 2. The minimum atomic E-state index is -1.09. The van der Waals surface area contributed by atoms with Gasteiger partial charge in [-0.15, -0.1) is 0 Å². The summed E-state index contributed by atoms with van der Waals surface area (Å²) in [6.45, 7) is 0. The molecule has 106 valence electrons. The molecule has 21 heavy (non-hydrogen) atoms. The van der Waals surface area contributed by atoms with Gasteiger partial charge in [0, 0.05) is 6.08 Å². The molecule has 2 rings (SSSR count). The third-order valence-corrected chi connectivity index (χ3v) is 2.89. The molecule has 2 N–H and O–H groups in total. The molecule has 1 amide bonds. The smallest absolute Gasteiger partial charge is 0.330 e. The summed E-state index contributed by atoms with van der Waals surface area (Å²) in [4.78, 5) is 23.1. The summed E-state index contributed by atoms with van der Waals surface area (Å²) in [6.07, 6.45) is 2.97. The molecule has 0 aliphatic rings. The van der Waals surface area contributed by atoms with Crippen LogP contribution in [0.5, 0.6) is 0 Å². The van der Waals surface area contributed by atoms with E-state index in [1.54, 1.807) is 36.4 Å². The highest BCUT2D eigenvalue weighted by Gasteiger charge is 2.20. The second-order valence-electron chi connectivity index (χ2n) is 4.43. The Morgan fingerprint density at radius 3 is 2.10 bits per heavy atom. The van der Waals surface area contributed by atoms with Gasteiger partial charge in [-0.25, -0.2) is 4.79 Å². The number of amides is 1. The van der Waals surface area contributed by atoms with Crippen molar-refractivity contribution in [1.29, 1.82) is 0 Å². The van der Waals surface area contributed by atoms with E-state index >= 15 is 0 Å². The van der Waals surface area contributed by atoms with E-state index in [0.29, 0.717) is 5.56 Å². The van der Waals surface area contributed by atoms with E-state index in [9.17, 15) is 14.7 Å². The number of hydrogen-bond acceptors (Lipinski definition) is 2. The van der Waals surface area contributed by atoms with Crippen molar-refractivity contribution >= 4 is 18.0 Å². The van der Waals surface area contributed by atoms with Gasteiger partial charge in [0.05, 0.1) is 0 Å². The number of hydrogen-bond donors (Lipinski definition) is 2. The SMILES string of the molecule is O=C(/C=C/c1ccccc1)NC(C(=O)O)c1ccccc1. The molecule has 0 saturated carbocycles. The summed E-state index contributed by atoms with van der Waals surface area (Å²) in [5.41, 5.74) is 1.41.